The van der Waals surface area contributed by atoms with Crippen LogP contribution in [0.4, 0.5) is 0 Å². The number of aliphatic hydroxyl groups is 1. The number of hydrogen-bond acceptors (Lipinski definition) is 5. The SMILES string of the molecule is CCc1c(CO)c2occcc-2c1OC(=O)C(CC)Oc1ccccc1. The summed E-state index contributed by atoms with van der Waals surface area (Å²) in [4.78, 5) is 12.7. The van der Waals surface area contributed by atoms with Crippen LogP contribution >= 0.6 is 0 Å². The lowest BCUT2D eigenvalue weighted by Crippen LogP contribution is -2.31. The number of para-hydroxylation sites is 1. The number of esters is 1. The van der Waals surface area contributed by atoms with E-state index in [2.05, 4.69) is 0 Å². The summed E-state index contributed by atoms with van der Waals surface area (Å²) in [7, 11) is 0. The highest BCUT2D eigenvalue weighted by Gasteiger charge is 2.29. The fraction of sp³-hybridized carbons (Fsp3) is 0.286. The van der Waals surface area contributed by atoms with Crippen molar-refractivity contribution in [3.05, 3.63) is 59.9 Å². The Morgan fingerprint density at radius 3 is 2.54 bits per heavy atom. The zero-order valence-corrected chi connectivity index (χ0v) is 14.9. The van der Waals surface area contributed by atoms with E-state index in [0.717, 1.165) is 5.56 Å². The minimum atomic E-state index is -0.717. The van der Waals surface area contributed by atoms with Gasteiger partial charge in [-0.3, -0.25) is 0 Å². The Kier molecular flexibility index (Phi) is 5.58. The van der Waals surface area contributed by atoms with E-state index in [1.165, 1.54) is 0 Å². The molecule has 0 fully saturated rings. The first-order chi connectivity index (χ1) is 12.7. The van der Waals surface area contributed by atoms with Crippen molar-refractivity contribution in [2.45, 2.75) is 39.4 Å². The summed E-state index contributed by atoms with van der Waals surface area (Å²) in [6.45, 7) is 3.64. The Bertz CT molecular complexity index is 837. The van der Waals surface area contributed by atoms with Crippen molar-refractivity contribution < 1.29 is 23.8 Å². The Balaban J connectivity index is 1.89. The first kappa shape index (κ1) is 18.0. The summed E-state index contributed by atoms with van der Waals surface area (Å²) in [5.74, 6) is 1.14. The molecule has 0 saturated carbocycles. The van der Waals surface area contributed by atoms with Crippen LogP contribution in [0, 0.1) is 0 Å². The van der Waals surface area contributed by atoms with E-state index in [0.29, 0.717) is 41.2 Å². The van der Waals surface area contributed by atoms with Gasteiger partial charge in [0.25, 0.3) is 0 Å². The third-order valence-corrected chi connectivity index (χ3v) is 4.30. The second-order valence-electron chi connectivity index (χ2n) is 5.90. The van der Waals surface area contributed by atoms with Crippen molar-refractivity contribution in [2.75, 3.05) is 0 Å². The molecule has 2 aliphatic rings. The van der Waals surface area contributed by atoms with Gasteiger partial charge in [-0.25, -0.2) is 4.79 Å². The van der Waals surface area contributed by atoms with Gasteiger partial charge in [0.15, 0.2) is 6.10 Å². The predicted molar refractivity (Wildman–Crippen MR) is 97.4 cm³/mol. The highest BCUT2D eigenvalue weighted by Crippen LogP contribution is 2.43. The van der Waals surface area contributed by atoms with E-state index < -0.39 is 12.1 Å². The van der Waals surface area contributed by atoms with Crippen LogP contribution < -0.4 is 9.47 Å². The smallest absolute Gasteiger partial charge is 0.352 e. The molecule has 0 saturated heterocycles. The molecule has 136 valence electrons. The molecular formula is C21H22O5. The maximum Gasteiger partial charge on any atom is 0.352 e. The summed E-state index contributed by atoms with van der Waals surface area (Å²) in [6, 6.07) is 12.7. The Morgan fingerprint density at radius 1 is 1.12 bits per heavy atom. The minimum absolute atomic E-state index is 0.178. The van der Waals surface area contributed by atoms with Crippen LogP contribution in [0.5, 0.6) is 11.5 Å². The van der Waals surface area contributed by atoms with Crippen molar-refractivity contribution in [1.29, 1.82) is 0 Å². The molecule has 0 bridgehead atoms. The molecule has 1 heterocycles. The number of fused-ring (bicyclic) bond motifs is 1. The highest BCUT2D eigenvalue weighted by molar-refractivity contribution is 5.84. The van der Waals surface area contributed by atoms with E-state index in [9.17, 15) is 9.90 Å². The molecule has 1 aliphatic heterocycles. The van der Waals surface area contributed by atoms with Crippen LogP contribution in [0.25, 0.3) is 11.3 Å². The quantitative estimate of drug-likeness (QED) is 0.644. The van der Waals surface area contributed by atoms with E-state index in [4.69, 9.17) is 13.9 Å². The van der Waals surface area contributed by atoms with Gasteiger partial charge in [0.1, 0.15) is 17.3 Å². The maximum atomic E-state index is 12.7. The van der Waals surface area contributed by atoms with Crippen molar-refractivity contribution in [3.63, 3.8) is 0 Å². The molecule has 1 N–H and O–H groups in total. The topological polar surface area (TPSA) is 68.9 Å². The van der Waals surface area contributed by atoms with Crippen molar-refractivity contribution in [3.8, 4) is 22.8 Å². The molecule has 3 rings (SSSR count). The number of carbonyl (C=O) groups is 1. The molecule has 0 aromatic heterocycles. The first-order valence-corrected chi connectivity index (χ1v) is 8.74. The van der Waals surface area contributed by atoms with Gasteiger partial charge in [0.05, 0.1) is 18.4 Å². The number of hydrogen-bond donors (Lipinski definition) is 1. The van der Waals surface area contributed by atoms with Crippen LogP contribution in [-0.4, -0.2) is 17.2 Å². The average Bonchev–Trinajstić information content (AvgIpc) is 2.99. The van der Waals surface area contributed by atoms with Gasteiger partial charge in [-0.05, 0) is 37.1 Å². The molecule has 5 nitrogen and oxygen atoms in total. The molecule has 5 heteroatoms. The van der Waals surface area contributed by atoms with Crippen LogP contribution in [0.3, 0.4) is 0 Å². The number of aliphatic hydroxyl groups excluding tert-OH is 1. The third kappa shape index (κ3) is 3.44. The molecule has 0 spiro atoms. The summed E-state index contributed by atoms with van der Waals surface area (Å²) < 4.78 is 17.0. The monoisotopic (exact) mass is 354 g/mol. The second kappa shape index (κ2) is 8.06. The van der Waals surface area contributed by atoms with Gasteiger partial charge in [-0.15, -0.1) is 0 Å². The fourth-order valence-corrected chi connectivity index (χ4v) is 3.02. The number of rotatable bonds is 7. The van der Waals surface area contributed by atoms with Gasteiger partial charge in [-0.1, -0.05) is 32.0 Å². The highest BCUT2D eigenvalue weighted by atomic mass is 16.6. The van der Waals surface area contributed by atoms with E-state index in [-0.39, 0.29) is 6.61 Å². The van der Waals surface area contributed by atoms with Crippen LogP contribution in [0.2, 0.25) is 0 Å². The van der Waals surface area contributed by atoms with E-state index in [1.807, 2.05) is 38.1 Å². The summed E-state index contributed by atoms with van der Waals surface area (Å²) in [5, 5.41) is 9.72. The lowest BCUT2D eigenvalue weighted by atomic mass is 10.1. The molecule has 26 heavy (non-hydrogen) atoms. The van der Waals surface area contributed by atoms with Gasteiger partial charge in [-0.2, -0.15) is 0 Å². The summed E-state index contributed by atoms with van der Waals surface area (Å²) in [5.41, 5.74) is 2.11. The van der Waals surface area contributed by atoms with Gasteiger partial charge < -0.3 is 19.0 Å². The van der Waals surface area contributed by atoms with Gasteiger partial charge >= 0.3 is 5.97 Å². The Hall–Kier alpha value is -2.79. The largest absolute Gasteiger partial charge is 0.479 e. The van der Waals surface area contributed by atoms with Crippen LogP contribution in [0.15, 0.2) is 53.1 Å². The minimum Gasteiger partial charge on any atom is -0.479 e. The molecule has 1 atom stereocenters. The molecule has 0 radical (unpaired) electrons. The Morgan fingerprint density at radius 2 is 1.88 bits per heavy atom. The molecular weight excluding hydrogens is 332 g/mol. The lowest BCUT2D eigenvalue weighted by molar-refractivity contribution is -0.142. The Labute approximate surface area is 152 Å². The zero-order valence-electron chi connectivity index (χ0n) is 14.9. The molecule has 1 aromatic rings. The lowest BCUT2D eigenvalue weighted by Gasteiger charge is -2.17. The second-order valence-corrected chi connectivity index (χ2v) is 5.90. The van der Waals surface area contributed by atoms with Crippen LogP contribution in [0.1, 0.15) is 31.4 Å². The van der Waals surface area contributed by atoms with Crippen LogP contribution in [-0.2, 0) is 17.8 Å². The van der Waals surface area contributed by atoms with E-state index >= 15 is 0 Å². The van der Waals surface area contributed by atoms with E-state index in [1.54, 1.807) is 24.5 Å². The first-order valence-electron chi connectivity index (χ1n) is 8.74. The van der Waals surface area contributed by atoms with Crippen molar-refractivity contribution in [1.82, 2.24) is 0 Å². The van der Waals surface area contributed by atoms with Crippen molar-refractivity contribution in [2.24, 2.45) is 0 Å². The number of benzene rings is 1. The summed E-state index contributed by atoms with van der Waals surface area (Å²) >= 11 is 0. The maximum absolute atomic E-state index is 12.7. The van der Waals surface area contributed by atoms with Gasteiger partial charge in [0.2, 0.25) is 0 Å². The number of ether oxygens (including phenoxy) is 2. The normalized spacial score (nSPS) is 12.1. The predicted octanol–water partition coefficient (Wildman–Crippen LogP) is 4.20. The molecule has 0 amide bonds. The number of carbonyl (C=O) groups excluding carboxylic acids is 1. The summed E-state index contributed by atoms with van der Waals surface area (Å²) in [6.07, 6.45) is 1.91. The third-order valence-electron chi connectivity index (χ3n) is 4.30. The molecule has 1 aromatic carbocycles. The van der Waals surface area contributed by atoms with Gasteiger partial charge in [0, 0.05) is 11.1 Å². The standard InChI is InChI=1S/C21H22O5/c1-3-15-17(13-22)19-16(11-8-12-24-19)20(15)26-21(23)18(4-2)25-14-9-6-5-7-10-14/h5-12,18,22H,3-4,13H2,1-2H3. The average molecular weight is 354 g/mol. The fourth-order valence-electron chi connectivity index (χ4n) is 3.02. The zero-order chi connectivity index (χ0) is 18.5. The molecule has 1 unspecified atom stereocenters. The van der Waals surface area contributed by atoms with Crippen molar-refractivity contribution >= 4 is 5.97 Å². The molecule has 1 aliphatic carbocycles.